The Hall–Kier alpha value is -1.49. The van der Waals surface area contributed by atoms with Crippen LogP contribution in [0.2, 0.25) is 0 Å². The average Bonchev–Trinajstić information content (AvgIpc) is 2.54. The van der Waals surface area contributed by atoms with Crippen molar-refractivity contribution in [3.05, 3.63) is 29.6 Å². The van der Waals surface area contributed by atoms with Crippen LogP contribution in [0.3, 0.4) is 0 Å². The summed E-state index contributed by atoms with van der Waals surface area (Å²) >= 11 is 0. The first-order valence-electron chi connectivity index (χ1n) is 7.19. The SMILES string of the molecule is CCC1(CO)CCN(S(=O)(=O)c2ccc(C#N)cc2F)CC1. The Morgan fingerprint density at radius 2 is 2.05 bits per heavy atom. The molecule has 0 radical (unpaired) electrons. The van der Waals surface area contributed by atoms with E-state index in [9.17, 15) is 17.9 Å². The van der Waals surface area contributed by atoms with Gasteiger partial charge in [0.15, 0.2) is 0 Å². The monoisotopic (exact) mass is 326 g/mol. The molecule has 1 heterocycles. The number of hydrogen-bond donors (Lipinski definition) is 1. The Kier molecular flexibility index (Phi) is 4.85. The summed E-state index contributed by atoms with van der Waals surface area (Å²) in [6.07, 6.45) is 1.89. The third kappa shape index (κ3) is 3.00. The summed E-state index contributed by atoms with van der Waals surface area (Å²) in [6, 6.07) is 5.14. The van der Waals surface area contributed by atoms with E-state index in [2.05, 4.69) is 0 Å². The quantitative estimate of drug-likeness (QED) is 0.916. The molecule has 0 amide bonds. The lowest BCUT2D eigenvalue weighted by Crippen LogP contribution is -2.44. The summed E-state index contributed by atoms with van der Waals surface area (Å²) in [6.45, 7) is 2.52. The van der Waals surface area contributed by atoms with E-state index in [1.807, 2.05) is 6.92 Å². The first-order chi connectivity index (χ1) is 10.4. The Labute approximate surface area is 130 Å². The Morgan fingerprint density at radius 1 is 1.41 bits per heavy atom. The lowest BCUT2D eigenvalue weighted by molar-refractivity contribution is 0.0647. The molecule has 120 valence electrons. The van der Waals surface area contributed by atoms with Gasteiger partial charge in [0.25, 0.3) is 0 Å². The molecule has 1 aliphatic rings. The highest BCUT2D eigenvalue weighted by molar-refractivity contribution is 7.89. The van der Waals surface area contributed by atoms with Crippen molar-refractivity contribution < 1.29 is 17.9 Å². The van der Waals surface area contributed by atoms with Crippen molar-refractivity contribution in [2.45, 2.75) is 31.1 Å². The van der Waals surface area contributed by atoms with Crippen LogP contribution in [0.15, 0.2) is 23.1 Å². The molecular formula is C15H19FN2O3S. The van der Waals surface area contributed by atoms with Crippen LogP contribution in [0.4, 0.5) is 4.39 Å². The number of sulfonamides is 1. The largest absolute Gasteiger partial charge is 0.396 e. The fraction of sp³-hybridized carbons (Fsp3) is 0.533. The standard InChI is InChI=1S/C15H19FN2O3S/c1-2-15(11-19)5-7-18(8-6-15)22(20,21)14-4-3-12(10-17)9-13(14)16/h3-4,9,19H,2,5-8,11H2,1H3. The minimum absolute atomic E-state index is 0.0304. The maximum Gasteiger partial charge on any atom is 0.245 e. The maximum atomic E-state index is 14.0. The van der Waals surface area contributed by atoms with Crippen LogP contribution in [-0.4, -0.2) is 37.5 Å². The molecule has 1 aliphatic heterocycles. The lowest BCUT2D eigenvalue weighted by Gasteiger charge is -2.39. The van der Waals surface area contributed by atoms with E-state index in [0.717, 1.165) is 18.6 Å². The topological polar surface area (TPSA) is 81.4 Å². The molecule has 7 heteroatoms. The summed E-state index contributed by atoms with van der Waals surface area (Å²) < 4.78 is 40.3. The number of aliphatic hydroxyl groups excluding tert-OH is 1. The predicted molar refractivity (Wildman–Crippen MR) is 78.9 cm³/mol. The van der Waals surface area contributed by atoms with Gasteiger partial charge in [-0.05, 0) is 42.9 Å². The first kappa shape index (κ1) is 16.9. The van der Waals surface area contributed by atoms with Gasteiger partial charge in [0.1, 0.15) is 10.7 Å². The molecule has 1 aromatic carbocycles. The second kappa shape index (κ2) is 6.32. The summed E-state index contributed by atoms with van der Waals surface area (Å²) in [5.41, 5.74) is -0.157. The van der Waals surface area contributed by atoms with Gasteiger partial charge in [-0.1, -0.05) is 6.92 Å². The molecule has 5 nitrogen and oxygen atoms in total. The van der Waals surface area contributed by atoms with E-state index < -0.39 is 20.7 Å². The van der Waals surface area contributed by atoms with Gasteiger partial charge in [0.2, 0.25) is 10.0 Å². The molecule has 1 aromatic rings. The highest BCUT2D eigenvalue weighted by Crippen LogP contribution is 2.36. The smallest absolute Gasteiger partial charge is 0.245 e. The van der Waals surface area contributed by atoms with Crippen LogP contribution in [-0.2, 0) is 10.0 Å². The van der Waals surface area contributed by atoms with Crippen molar-refractivity contribution in [3.63, 3.8) is 0 Å². The van der Waals surface area contributed by atoms with Crippen LogP contribution >= 0.6 is 0 Å². The van der Waals surface area contributed by atoms with Gasteiger partial charge in [-0.2, -0.15) is 9.57 Å². The second-order valence-corrected chi connectivity index (χ2v) is 7.58. The first-order valence-corrected chi connectivity index (χ1v) is 8.63. The number of halogens is 1. The summed E-state index contributed by atoms with van der Waals surface area (Å²) in [4.78, 5) is -0.403. The van der Waals surface area contributed by atoms with Gasteiger partial charge in [-0.15, -0.1) is 0 Å². The van der Waals surface area contributed by atoms with Gasteiger partial charge in [0.05, 0.1) is 11.6 Å². The number of benzene rings is 1. The van der Waals surface area contributed by atoms with E-state index >= 15 is 0 Å². The van der Waals surface area contributed by atoms with Gasteiger partial charge in [0, 0.05) is 19.7 Å². The van der Waals surface area contributed by atoms with E-state index in [-0.39, 0.29) is 30.7 Å². The molecular weight excluding hydrogens is 307 g/mol. The molecule has 1 saturated heterocycles. The number of rotatable bonds is 4. The molecule has 22 heavy (non-hydrogen) atoms. The van der Waals surface area contributed by atoms with Gasteiger partial charge >= 0.3 is 0 Å². The Balaban J connectivity index is 2.24. The normalized spacial score (nSPS) is 18.8. The molecule has 1 N–H and O–H groups in total. The zero-order valence-corrected chi connectivity index (χ0v) is 13.2. The molecule has 2 rings (SSSR count). The highest BCUT2D eigenvalue weighted by atomic mass is 32.2. The Morgan fingerprint density at radius 3 is 2.50 bits per heavy atom. The average molecular weight is 326 g/mol. The van der Waals surface area contributed by atoms with Crippen molar-refractivity contribution in [3.8, 4) is 6.07 Å². The zero-order valence-electron chi connectivity index (χ0n) is 12.4. The molecule has 1 fully saturated rings. The Bertz CT molecular complexity index is 683. The van der Waals surface area contributed by atoms with Gasteiger partial charge < -0.3 is 5.11 Å². The third-order valence-corrected chi connectivity index (χ3v) is 6.48. The molecule has 0 spiro atoms. The molecule has 0 unspecified atom stereocenters. The van der Waals surface area contributed by atoms with Crippen LogP contribution < -0.4 is 0 Å². The third-order valence-electron chi connectivity index (χ3n) is 4.55. The van der Waals surface area contributed by atoms with Crippen molar-refractivity contribution in [1.29, 1.82) is 5.26 Å². The minimum Gasteiger partial charge on any atom is -0.396 e. The molecule has 0 aromatic heterocycles. The summed E-state index contributed by atoms with van der Waals surface area (Å²) in [5, 5.41) is 18.2. The number of nitriles is 1. The number of aliphatic hydroxyl groups is 1. The van der Waals surface area contributed by atoms with Crippen molar-refractivity contribution in [1.82, 2.24) is 4.31 Å². The van der Waals surface area contributed by atoms with Crippen LogP contribution in [0, 0.1) is 22.6 Å². The van der Waals surface area contributed by atoms with E-state index in [1.165, 1.54) is 10.4 Å². The van der Waals surface area contributed by atoms with Gasteiger partial charge in [-0.25, -0.2) is 12.8 Å². The minimum atomic E-state index is -3.92. The van der Waals surface area contributed by atoms with Crippen LogP contribution in [0.1, 0.15) is 31.7 Å². The number of nitrogens with zero attached hydrogens (tertiary/aromatic N) is 2. The molecule has 0 aliphatic carbocycles. The second-order valence-electron chi connectivity index (χ2n) is 5.67. The van der Waals surface area contributed by atoms with E-state index in [1.54, 1.807) is 6.07 Å². The van der Waals surface area contributed by atoms with Crippen molar-refractivity contribution in [2.75, 3.05) is 19.7 Å². The predicted octanol–water partition coefficient (Wildman–Crippen LogP) is 1.87. The van der Waals surface area contributed by atoms with Crippen LogP contribution in [0.5, 0.6) is 0 Å². The summed E-state index contributed by atoms with van der Waals surface area (Å²) in [7, 11) is -3.92. The number of piperidine rings is 1. The van der Waals surface area contributed by atoms with Crippen molar-refractivity contribution >= 4 is 10.0 Å². The highest BCUT2D eigenvalue weighted by Gasteiger charge is 2.37. The zero-order chi connectivity index (χ0) is 16.4. The number of hydrogen-bond acceptors (Lipinski definition) is 4. The lowest BCUT2D eigenvalue weighted by atomic mass is 9.77. The molecule has 0 bridgehead atoms. The van der Waals surface area contributed by atoms with Crippen LogP contribution in [0.25, 0.3) is 0 Å². The van der Waals surface area contributed by atoms with E-state index in [0.29, 0.717) is 12.8 Å². The fourth-order valence-corrected chi connectivity index (χ4v) is 4.23. The molecule has 0 saturated carbocycles. The van der Waals surface area contributed by atoms with Crippen molar-refractivity contribution in [2.24, 2.45) is 5.41 Å². The van der Waals surface area contributed by atoms with E-state index in [4.69, 9.17) is 5.26 Å². The van der Waals surface area contributed by atoms with Gasteiger partial charge in [-0.3, -0.25) is 0 Å². The summed E-state index contributed by atoms with van der Waals surface area (Å²) in [5.74, 6) is -0.909. The maximum absolute atomic E-state index is 14.0. The molecule has 0 atom stereocenters. The fourth-order valence-electron chi connectivity index (χ4n) is 2.74.